The largest absolute Gasteiger partial charge is 0.369 e. The van der Waals surface area contributed by atoms with Crippen molar-refractivity contribution in [2.75, 3.05) is 13.1 Å². The number of piperidine rings is 1. The highest BCUT2D eigenvalue weighted by Gasteiger charge is 2.27. The number of hydrogen-bond acceptors (Lipinski definition) is 2. The summed E-state index contributed by atoms with van der Waals surface area (Å²) in [4.78, 5) is 13.7. The Kier molecular flexibility index (Phi) is 4.37. The van der Waals surface area contributed by atoms with Crippen molar-refractivity contribution < 1.29 is 4.79 Å². The zero-order valence-electron chi connectivity index (χ0n) is 11.0. The maximum atomic E-state index is 11.3. The van der Waals surface area contributed by atoms with Crippen molar-refractivity contribution in [1.82, 2.24) is 4.90 Å². The number of benzene rings is 1. The van der Waals surface area contributed by atoms with Crippen molar-refractivity contribution in [3.63, 3.8) is 0 Å². The molecule has 1 amide bonds. The molecule has 18 heavy (non-hydrogen) atoms. The van der Waals surface area contributed by atoms with Crippen LogP contribution < -0.4 is 5.73 Å². The molecule has 1 saturated heterocycles. The first-order chi connectivity index (χ1) is 8.66. The SMILES string of the molecule is C[C@H]1CC[C@@H](C(N)=O)CN1CCc1ccccc1. The smallest absolute Gasteiger partial charge is 0.221 e. The minimum Gasteiger partial charge on any atom is -0.369 e. The second-order valence-corrected chi connectivity index (χ2v) is 5.26. The number of primary amides is 1. The van der Waals surface area contributed by atoms with E-state index in [2.05, 4.69) is 36.1 Å². The lowest BCUT2D eigenvalue weighted by Gasteiger charge is -2.36. The predicted molar refractivity (Wildman–Crippen MR) is 73.1 cm³/mol. The van der Waals surface area contributed by atoms with Crippen molar-refractivity contribution in [3.8, 4) is 0 Å². The highest BCUT2D eigenvalue weighted by molar-refractivity contribution is 5.76. The standard InChI is InChI=1S/C15H22N2O/c1-12-7-8-14(15(16)18)11-17(12)10-9-13-5-3-2-4-6-13/h2-6,12,14H,7-11H2,1H3,(H2,16,18)/t12-,14+/m0/s1. The van der Waals surface area contributed by atoms with E-state index in [0.29, 0.717) is 6.04 Å². The Balaban J connectivity index is 1.89. The van der Waals surface area contributed by atoms with Gasteiger partial charge in [0.05, 0.1) is 5.92 Å². The normalized spacial score (nSPS) is 24.9. The number of nitrogens with zero attached hydrogens (tertiary/aromatic N) is 1. The van der Waals surface area contributed by atoms with Crippen LogP contribution in [-0.4, -0.2) is 29.9 Å². The maximum absolute atomic E-state index is 11.3. The summed E-state index contributed by atoms with van der Waals surface area (Å²) in [6.07, 6.45) is 3.05. The average molecular weight is 246 g/mol. The van der Waals surface area contributed by atoms with E-state index in [1.807, 2.05) is 6.07 Å². The second-order valence-electron chi connectivity index (χ2n) is 5.26. The van der Waals surface area contributed by atoms with E-state index in [1.54, 1.807) is 0 Å². The number of likely N-dealkylation sites (tertiary alicyclic amines) is 1. The topological polar surface area (TPSA) is 46.3 Å². The van der Waals surface area contributed by atoms with Crippen LogP contribution in [0.25, 0.3) is 0 Å². The van der Waals surface area contributed by atoms with Crippen LogP contribution in [0.5, 0.6) is 0 Å². The number of hydrogen-bond donors (Lipinski definition) is 1. The summed E-state index contributed by atoms with van der Waals surface area (Å²) in [6, 6.07) is 11.0. The minimum atomic E-state index is -0.147. The fraction of sp³-hybridized carbons (Fsp3) is 0.533. The Morgan fingerprint density at radius 3 is 2.72 bits per heavy atom. The Labute approximate surface area is 109 Å². The number of carbonyl (C=O) groups excluding carboxylic acids is 1. The van der Waals surface area contributed by atoms with Gasteiger partial charge in [0.2, 0.25) is 5.91 Å². The molecule has 98 valence electrons. The third-order valence-corrected chi connectivity index (χ3v) is 3.94. The van der Waals surface area contributed by atoms with Crippen molar-refractivity contribution in [2.45, 2.75) is 32.2 Å². The molecule has 1 aliphatic heterocycles. The van der Waals surface area contributed by atoms with E-state index in [1.165, 1.54) is 5.56 Å². The molecule has 1 aliphatic rings. The van der Waals surface area contributed by atoms with Crippen LogP contribution in [0.15, 0.2) is 30.3 Å². The number of rotatable bonds is 4. The first kappa shape index (κ1) is 13.1. The third kappa shape index (κ3) is 3.33. The summed E-state index contributed by atoms with van der Waals surface area (Å²) in [6.45, 7) is 4.07. The van der Waals surface area contributed by atoms with E-state index in [0.717, 1.165) is 32.4 Å². The highest BCUT2D eigenvalue weighted by atomic mass is 16.1. The molecule has 2 rings (SSSR count). The maximum Gasteiger partial charge on any atom is 0.221 e. The fourth-order valence-corrected chi connectivity index (χ4v) is 2.64. The number of amides is 1. The quantitative estimate of drug-likeness (QED) is 0.880. The molecule has 2 atom stereocenters. The Hall–Kier alpha value is -1.35. The first-order valence-electron chi connectivity index (χ1n) is 6.74. The molecule has 0 aliphatic carbocycles. The molecule has 0 spiro atoms. The zero-order chi connectivity index (χ0) is 13.0. The summed E-state index contributed by atoms with van der Waals surface area (Å²) in [5.41, 5.74) is 6.77. The highest BCUT2D eigenvalue weighted by Crippen LogP contribution is 2.21. The van der Waals surface area contributed by atoms with Gasteiger partial charge in [0.1, 0.15) is 0 Å². The van der Waals surface area contributed by atoms with Crippen LogP contribution in [0.1, 0.15) is 25.3 Å². The van der Waals surface area contributed by atoms with Gasteiger partial charge in [0.15, 0.2) is 0 Å². The lowest BCUT2D eigenvalue weighted by molar-refractivity contribution is -0.123. The van der Waals surface area contributed by atoms with Crippen LogP contribution in [0.4, 0.5) is 0 Å². The lowest BCUT2D eigenvalue weighted by atomic mass is 9.92. The summed E-state index contributed by atoms with van der Waals surface area (Å²) in [7, 11) is 0. The van der Waals surface area contributed by atoms with Gasteiger partial charge in [-0.15, -0.1) is 0 Å². The van der Waals surface area contributed by atoms with Gasteiger partial charge >= 0.3 is 0 Å². The van der Waals surface area contributed by atoms with Gasteiger partial charge in [-0.3, -0.25) is 9.69 Å². The van der Waals surface area contributed by atoms with Gasteiger partial charge in [-0.2, -0.15) is 0 Å². The fourth-order valence-electron chi connectivity index (χ4n) is 2.64. The van der Waals surface area contributed by atoms with Gasteiger partial charge in [0.25, 0.3) is 0 Å². The predicted octanol–water partition coefficient (Wildman–Crippen LogP) is 1.81. The van der Waals surface area contributed by atoms with Gasteiger partial charge in [-0.05, 0) is 31.7 Å². The molecule has 1 heterocycles. The molecule has 1 fully saturated rings. The van der Waals surface area contributed by atoms with Gasteiger partial charge < -0.3 is 5.73 Å². The first-order valence-corrected chi connectivity index (χ1v) is 6.74. The van der Waals surface area contributed by atoms with Crippen molar-refractivity contribution in [2.24, 2.45) is 11.7 Å². The molecule has 0 unspecified atom stereocenters. The van der Waals surface area contributed by atoms with Crippen molar-refractivity contribution in [1.29, 1.82) is 0 Å². The van der Waals surface area contributed by atoms with Gasteiger partial charge in [-0.1, -0.05) is 30.3 Å². The summed E-state index contributed by atoms with van der Waals surface area (Å²) in [5, 5.41) is 0. The number of nitrogens with two attached hydrogens (primary N) is 1. The molecule has 0 bridgehead atoms. The molecular formula is C15H22N2O. The molecule has 2 N–H and O–H groups in total. The van der Waals surface area contributed by atoms with Crippen LogP contribution in [0, 0.1) is 5.92 Å². The van der Waals surface area contributed by atoms with Gasteiger partial charge in [0, 0.05) is 19.1 Å². The molecular weight excluding hydrogens is 224 g/mol. The minimum absolute atomic E-state index is 0.0389. The molecule has 0 radical (unpaired) electrons. The van der Waals surface area contributed by atoms with E-state index in [9.17, 15) is 4.79 Å². The van der Waals surface area contributed by atoms with Gasteiger partial charge in [-0.25, -0.2) is 0 Å². The van der Waals surface area contributed by atoms with E-state index >= 15 is 0 Å². The Morgan fingerprint density at radius 2 is 2.06 bits per heavy atom. The Bertz CT molecular complexity index is 391. The van der Waals surface area contributed by atoms with Crippen molar-refractivity contribution >= 4 is 5.91 Å². The number of carbonyl (C=O) groups is 1. The van der Waals surface area contributed by atoms with E-state index in [-0.39, 0.29) is 11.8 Å². The molecule has 3 nitrogen and oxygen atoms in total. The summed E-state index contributed by atoms with van der Waals surface area (Å²) >= 11 is 0. The van der Waals surface area contributed by atoms with E-state index < -0.39 is 0 Å². The molecule has 1 aromatic rings. The molecule has 0 aromatic heterocycles. The Morgan fingerprint density at radius 1 is 1.33 bits per heavy atom. The monoisotopic (exact) mass is 246 g/mol. The van der Waals surface area contributed by atoms with Crippen LogP contribution >= 0.6 is 0 Å². The third-order valence-electron chi connectivity index (χ3n) is 3.94. The van der Waals surface area contributed by atoms with E-state index in [4.69, 9.17) is 5.73 Å². The van der Waals surface area contributed by atoms with Crippen molar-refractivity contribution in [3.05, 3.63) is 35.9 Å². The molecule has 3 heteroatoms. The van der Waals surface area contributed by atoms with Crippen LogP contribution in [0.3, 0.4) is 0 Å². The second kappa shape index (κ2) is 6.01. The van der Waals surface area contributed by atoms with Crippen LogP contribution in [0.2, 0.25) is 0 Å². The molecule has 1 aromatic carbocycles. The zero-order valence-corrected chi connectivity index (χ0v) is 11.0. The summed E-state index contributed by atoms with van der Waals surface area (Å²) in [5.74, 6) is -0.108. The lowest BCUT2D eigenvalue weighted by Crippen LogP contribution is -2.46. The summed E-state index contributed by atoms with van der Waals surface area (Å²) < 4.78 is 0. The van der Waals surface area contributed by atoms with Crippen LogP contribution in [-0.2, 0) is 11.2 Å². The average Bonchev–Trinajstić information content (AvgIpc) is 2.38. The molecule has 0 saturated carbocycles.